The van der Waals surface area contributed by atoms with Crippen LogP contribution < -0.4 is 11.1 Å². The molecule has 0 spiro atoms. The van der Waals surface area contributed by atoms with Gasteiger partial charge in [-0.05, 0) is 24.6 Å². The predicted molar refractivity (Wildman–Crippen MR) is 83.4 cm³/mol. The van der Waals surface area contributed by atoms with E-state index in [0.29, 0.717) is 13.0 Å². The van der Waals surface area contributed by atoms with Gasteiger partial charge in [-0.2, -0.15) is 0 Å². The fourth-order valence-electron chi connectivity index (χ4n) is 1.70. The third kappa shape index (κ3) is 5.49. The summed E-state index contributed by atoms with van der Waals surface area (Å²) in [6.07, 6.45) is 3.26. The van der Waals surface area contributed by atoms with Crippen LogP contribution in [-0.4, -0.2) is 18.2 Å². The molecule has 1 rings (SSSR count). The van der Waals surface area contributed by atoms with Crippen LogP contribution >= 0.6 is 11.8 Å². The van der Waals surface area contributed by atoms with Crippen molar-refractivity contribution in [3.8, 4) is 0 Å². The second-order valence-corrected chi connectivity index (χ2v) is 5.42. The molecule has 0 radical (unpaired) electrons. The molecule has 1 aromatic rings. The van der Waals surface area contributed by atoms with E-state index in [1.807, 2.05) is 30.3 Å². The highest BCUT2D eigenvalue weighted by Gasteiger charge is 2.12. The van der Waals surface area contributed by atoms with E-state index in [0.717, 1.165) is 22.8 Å². The number of carbonyl (C=O) groups is 1. The first-order valence-corrected chi connectivity index (χ1v) is 7.52. The predicted octanol–water partition coefficient (Wildman–Crippen LogP) is 3.28. The lowest BCUT2D eigenvalue weighted by Crippen LogP contribution is -2.21. The summed E-state index contributed by atoms with van der Waals surface area (Å²) in [6.45, 7) is 6.31. The van der Waals surface area contributed by atoms with Crippen LogP contribution in [0.1, 0.15) is 19.8 Å². The molecule has 0 aromatic heterocycles. The van der Waals surface area contributed by atoms with Gasteiger partial charge in [0.2, 0.25) is 5.91 Å². The van der Waals surface area contributed by atoms with Gasteiger partial charge in [-0.15, -0.1) is 18.3 Å². The maximum atomic E-state index is 12.0. The molecule has 0 bridgehead atoms. The van der Waals surface area contributed by atoms with E-state index >= 15 is 0 Å². The number of benzene rings is 1. The number of amides is 1. The zero-order valence-electron chi connectivity index (χ0n) is 11.4. The smallest absolute Gasteiger partial charge is 0.224 e. The molecule has 0 saturated heterocycles. The SMILES string of the molecule is C=CCSc1ccccc1NC(=O)CC(CC)CN. The topological polar surface area (TPSA) is 55.1 Å². The van der Waals surface area contributed by atoms with Gasteiger partial charge in [0.25, 0.3) is 0 Å². The first-order chi connectivity index (χ1) is 9.21. The van der Waals surface area contributed by atoms with Gasteiger partial charge in [0, 0.05) is 17.1 Å². The minimum atomic E-state index is 0.0314. The van der Waals surface area contributed by atoms with Crippen molar-refractivity contribution in [2.45, 2.75) is 24.7 Å². The highest BCUT2D eigenvalue weighted by Crippen LogP contribution is 2.27. The Kier molecular flexibility index (Phi) is 7.30. The molecule has 1 atom stereocenters. The van der Waals surface area contributed by atoms with Gasteiger partial charge in [-0.25, -0.2) is 0 Å². The summed E-state index contributed by atoms with van der Waals surface area (Å²) >= 11 is 1.66. The van der Waals surface area contributed by atoms with Crippen LogP contribution in [-0.2, 0) is 4.79 Å². The van der Waals surface area contributed by atoms with Crippen molar-refractivity contribution < 1.29 is 4.79 Å². The molecule has 4 heteroatoms. The van der Waals surface area contributed by atoms with Gasteiger partial charge in [0.1, 0.15) is 0 Å². The van der Waals surface area contributed by atoms with E-state index in [1.165, 1.54) is 0 Å². The maximum Gasteiger partial charge on any atom is 0.224 e. The molecule has 1 aromatic carbocycles. The van der Waals surface area contributed by atoms with Gasteiger partial charge < -0.3 is 11.1 Å². The molecule has 19 heavy (non-hydrogen) atoms. The van der Waals surface area contributed by atoms with Crippen LogP contribution in [0.3, 0.4) is 0 Å². The lowest BCUT2D eigenvalue weighted by molar-refractivity contribution is -0.117. The van der Waals surface area contributed by atoms with Gasteiger partial charge in [0.15, 0.2) is 0 Å². The van der Waals surface area contributed by atoms with E-state index in [4.69, 9.17) is 5.73 Å². The molecule has 0 aliphatic rings. The Balaban J connectivity index is 2.65. The number of para-hydroxylation sites is 1. The largest absolute Gasteiger partial charge is 0.330 e. The Bertz CT molecular complexity index is 416. The second kappa shape index (κ2) is 8.77. The van der Waals surface area contributed by atoms with E-state index in [1.54, 1.807) is 11.8 Å². The normalized spacial score (nSPS) is 11.9. The summed E-state index contributed by atoms with van der Waals surface area (Å²) < 4.78 is 0. The summed E-state index contributed by atoms with van der Waals surface area (Å²) in [6, 6.07) is 7.82. The van der Waals surface area contributed by atoms with Crippen molar-refractivity contribution in [2.24, 2.45) is 11.7 Å². The van der Waals surface area contributed by atoms with Gasteiger partial charge >= 0.3 is 0 Å². The van der Waals surface area contributed by atoms with Gasteiger partial charge in [0.05, 0.1) is 5.69 Å². The minimum Gasteiger partial charge on any atom is -0.330 e. The van der Waals surface area contributed by atoms with E-state index in [-0.39, 0.29) is 11.8 Å². The third-order valence-corrected chi connectivity index (χ3v) is 3.97. The molecule has 1 amide bonds. The number of nitrogens with two attached hydrogens (primary N) is 1. The van der Waals surface area contributed by atoms with Crippen molar-refractivity contribution in [1.82, 2.24) is 0 Å². The van der Waals surface area contributed by atoms with Gasteiger partial charge in [-0.1, -0.05) is 31.6 Å². The monoisotopic (exact) mass is 278 g/mol. The Labute approximate surface area is 119 Å². The molecular formula is C15H22N2OS. The fourth-order valence-corrected chi connectivity index (χ4v) is 2.45. The van der Waals surface area contributed by atoms with E-state index < -0.39 is 0 Å². The van der Waals surface area contributed by atoms with Crippen molar-refractivity contribution in [3.63, 3.8) is 0 Å². The first kappa shape index (κ1) is 15.8. The Morgan fingerprint density at radius 2 is 2.26 bits per heavy atom. The van der Waals surface area contributed by atoms with Crippen LogP contribution in [0.25, 0.3) is 0 Å². The molecule has 1 unspecified atom stereocenters. The lowest BCUT2D eigenvalue weighted by atomic mass is 10.0. The van der Waals surface area contributed by atoms with Crippen LogP contribution in [0.15, 0.2) is 41.8 Å². The Hall–Kier alpha value is -1.26. The van der Waals surface area contributed by atoms with Crippen LogP contribution in [0.5, 0.6) is 0 Å². The molecule has 0 aliphatic heterocycles. The number of nitrogens with one attached hydrogen (secondary N) is 1. The van der Waals surface area contributed by atoms with E-state index in [9.17, 15) is 4.79 Å². The highest BCUT2D eigenvalue weighted by atomic mass is 32.2. The Morgan fingerprint density at radius 3 is 2.89 bits per heavy atom. The molecule has 0 heterocycles. The number of hydrogen-bond donors (Lipinski definition) is 2. The van der Waals surface area contributed by atoms with Crippen molar-refractivity contribution in [2.75, 3.05) is 17.6 Å². The highest BCUT2D eigenvalue weighted by molar-refractivity contribution is 7.99. The number of carbonyl (C=O) groups excluding carboxylic acids is 1. The number of anilines is 1. The molecular weight excluding hydrogens is 256 g/mol. The molecule has 0 fully saturated rings. The molecule has 0 saturated carbocycles. The summed E-state index contributed by atoms with van der Waals surface area (Å²) in [5, 5.41) is 2.97. The summed E-state index contributed by atoms with van der Waals surface area (Å²) in [5.74, 6) is 1.12. The molecule has 3 nitrogen and oxygen atoms in total. The van der Waals surface area contributed by atoms with Crippen LogP contribution in [0.2, 0.25) is 0 Å². The summed E-state index contributed by atoms with van der Waals surface area (Å²) in [4.78, 5) is 13.0. The van der Waals surface area contributed by atoms with Crippen molar-refractivity contribution in [1.29, 1.82) is 0 Å². The second-order valence-electron chi connectivity index (χ2n) is 4.36. The minimum absolute atomic E-state index is 0.0314. The van der Waals surface area contributed by atoms with Crippen LogP contribution in [0, 0.1) is 5.92 Å². The Morgan fingerprint density at radius 1 is 1.53 bits per heavy atom. The summed E-state index contributed by atoms with van der Waals surface area (Å²) in [7, 11) is 0. The quantitative estimate of drug-likeness (QED) is 0.567. The number of thioether (sulfide) groups is 1. The van der Waals surface area contributed by atoms with Crippen molar-refractivity contribution >= 4 is 23.4 Å². The average molecular weight is 278 g/mol. The number of hydrogen-bond acceptors (Lipinski definition) is 3. The molecule has 0 aliphatic carbocycles. The first-order valence-electron chi connectivity index (χ1n) is 6.53. The summed E-state index contributed by atoms with van der Waals surface area (Å²) in [5.41, 5.74) is 6.49. The molecule has 3 N–H and O–H groups in total. The lowest BCUT2D eigenvalue weighted by Gasteiger charge is -2.14. The standard InChI is InChI=1S/C15H22N2OS/c1-3-9-19-14-8-6-5-7-13(14)17-15(18)10-12(4-2)11-16/h3,5-8,12H,1,4,9-11,16H2,2H3,(H,17,18). The third-order valence-electron chi connectivity index (χ3n) is 2.90. The maximum absolute atomic E-state index is 12.0. The zero-order valence-corrected chi connectivity index (χ0v) is 12.2. The fraction of sp³-hybridized carbons (Fsp3) is 0.400. The zero-order chi connectivity index (χ0) is 14.1. The van der Waals surface area contributed by atoms with E-state index in [2.05, 4.69) is 18.8 Å². The van der Waals surface area contributed by atoms with Gasteiger partial charge in [-0.3, -0.25) is 4.79 Å². The number of rotatable bonds is 8. The average Bonchev–Trinajstić information content (AvgIpc) is 2.43. The van der Waals surface area contributed by atoms with Crippen LogP contribution in [0.4, 0.5) is 5.69 Å². The molecule has 104 valence electrons. The van der Waals surface area contributed by atoms with Crippen molar-refractivity contribution in [3.05, 3.63) is 36.9 Å².